The molecule has 0 radical (unpaired) electrons. The van der Waals surface area contributed by atoms with Crippen LogP contribution in [0.25, 0.3) is 0 Å². The zero-order chi connectivity index (χ0) is 15.0. The van der Waals surface area contributed by atoms with Gasteiger partial charge >= 0.3 is 0 Å². The van der Waals surface area contributed by atoms with Crippen molar-refractivity contribution in [3.63, 3.8) is 0 Å². The lowest BCUT2D eigenvalue weighted by Gasteiger charge is -2.14. The number of hydrogen-bond donors (Lipinski definition) is 1. The van der Waals surface area contributed by atoms with Crippen molar-refractivity contribution in [1.82, 2.24) is 9.88 Å². The van der Waals surface area contributed by atoms with E-state index in [0.29, 0.717) is 22.7 Å². The molecule has 0 saturated carbocycles. The minimum Gasteiger partial charge on any atom is -0.481 e. The number of nitrogens with two attached hydrogens (primary N) is 1. The second-order valence-electron chi connectivity index (χ2n) is 4.71. The number of methoxy groups -OCH3 is 1. The summed E-state index contributed by atoms with van der Waals surface area (Å²) >= 11 is 0. The summed E-state index contributed by atoms with van der Waals surface area (Å²) in [7, 11) is 1.51. The van der Waals surface area contributed by atoms with Gasteiger partial charge in [0.15, 0.2) is 0 Å². The van der Waals surface area contributed by atoms with Crippen LogP contribution in [0, 0.1) is 0 Å². The van der Waals surface area contributed by atoms with E-state index in [1.165, 1.54) is 18.1 Å². The van der Waals surface area contributed by atoms with Gasteiger partial charge in [-0.2, -0.15) is 0 Å². The summed E-state index contributed by atoms with van der Waals surface area (Å²) in [5.74, 6) is -0.211. The minimum absolute atomic E-state index is 0.172. The van der Waals surface area contributed by atoms with Gasteiger partial charge in [-0.25, -0.2) is 4.98 Å². The molecule has 21 heavy (non-hydrogen) atoms. The molecule has 1 aliphatic rings. The Morgan fingerprint density at radius 2 is 1.90 bits per heavy atom. The summed E-state index contributed by atoms with van der Waals surface area (Å²) in [5.41, 5.74) is 7.63. The van der Waals surface area contributed by atoms with Crippen LogP contribution in [0.2, 0.25) is 0 Å². The number of nitrogens with zero attached hydrogens (tertiary/aromatic N) is 2. The van der Waals surface area contributed by atoms with Crippen molar-refractivity contribution in [2.24, 2.45) is 0 Å². The van der Waals surface area contributed by atoms with Gasteiger partial charge in [0.05, 0.1) is 24.8 Å². The van der Waals surface area contributed by atoms with Gasteiger partial charge in [-0.3, -0.25) is 14.5 Å². The van der Waals surface area contributed by atoms with E-state index >= 15 is 0 Å². The van der Waals surface area contributed by atoms with Crippen LogP contribution in [0.15, 0.2) is 36.5 Å². The molecule has 2 heterocycles. The van der Waals surface area contributed by atoms with Crippen molar-refractivity contribution in [3.8, 4) is 5.88 Å². The number of benzene rings is 1. The largest absolute Gasteiger partial charge is 0.481 e. The Morgan fingerprint density at radius 1 is 1.14 bits per heavy atom. The molecule has 0 saturated heterocycles. The van der Waals surface area contributed by atoms with Crippen molar-refractivity contribution < 1.29 is 14.3 Å². The van der Waals surface area contributed by atoms with Gasteiger partial charge in [-0.05, 0) is 29.8 Å². The normalized spacial score (nSPS) is 13.5. The maximum Gasteiger partial charge on any atom is 0.261 e. The molecule has 0 unspecified atom stereocenters. The molecule has 2 aromatic rings. The van der Waals surface area contributed by atoms with E-state index in [1.807, 2.05) is 0 Å². The lowest BCUT2D eigenvalue weighted by molar-refractivity contribution is 0.0642. The first-order chi connectivity index (χ1) is 10.1. The van der Waals surface area contributed by atoms with E-state index < -0.39 is 0 Å². The molecule has 1 aromatic carbocycles. The number of amides is 2. The average molecular weight is 283 g/mol. The summed E-state index contributed by atoms with van der Waals surface area (Å²) in [6, 6.07) is 8.15. The fourth-order valence-corrected chi connectivity index (χ4v) is 2.29. The highest BCUT2D eigenvalue weighted by Crippen LogP contribution is 2.26. The zero-order valence-electron chi connectivity index (χ0n) is 11.4. The number of aromatic nitrogens is 1. The molecule has 0 bridgehead atoms. The number of pyridine rings is 1. The third-order valence-electron chi connectivity index (χ3n) is 3.34. The van der Waals surface area contributed by atoms with Crippen molar-refractivity contribution in [3.05, 3.63) is 53.2 Å². The molecule has 1 aliphatic heterocycles. The fraction of sp³-hybridized carbons (Fsp3) is 0.133. The molecule has 2 N–H and O–H groups in total. The van der Waals surface area contributed by atoms with Crippen LogP contribution in [0.1, 0.15) is 26.3 Å². The first-order valence-electron chi connectivity index (χ1n) is 6.35. The maximum atomic E-state index is 12.3. The Labute approximate surface area is 121 Å². The van der Waals surface area contributed by atoms with Gasteiger partial charge in [0.25, 0.3) is 11.8 Å². The number of nitrogen functional groups attached to an aromatic ring is 1. The number of hydrogen-bond acceptors (Lipinski definition) is 5. The highest BCUT2D eigenvalue weighted by molar-refractivity contribution is 6.21. The number of ether oxygens (including phenoxy) is 1. The molecule has 0 fully saturated rings. The average Bonchev–Trinajstić information content (AvgIpc) is 2.72. The molecule has 6 nitrogen and oxygen atoms in total. The molecule has 0 atom stereocenters. The second-order valence-corrected chi connectivity index (χ2v) is 4.71. The van der Waals surface area contributed by atoms with E-state index in [9.17, 15) is 9.59 Å². The summed E-state index contributed by atoms with van der Waals surface area (Å²) in [6.45, 7) is 0.172. The van der Waals surface area contributed by atoms with Crippen LogP contribution < -0.4 is 10.5 Å². The number of carbonyl (C=O) groups excluding carboxylic acids is 2. The van der Waals surface area contributed by atoms with Gasteiger partial charge < -0.3 is 10.5 Å². The number of fused-ring (bicyclic) bond motifs is 1. The Kier molecular flexibility index (Phi) is 3.06. The van der Waals surface area contributed by atoms with Crippen LogP contribution in [0.3, 0.4) is 0 Å². The summed E-state index contributed by atoms with van der Waals surface area (Å²) in [4.78, 5) is 29.8. The number of rotatable bonds is 3. The molecule has 3 rings (SSSR count). The third kappa shape index (κ3) is 2.20. The molecule has 6 heteroatoms. The Balaban J connectivity index is 1.91. The first-order valence-corrected chi connectivity index (χ1v) is 6.35. The topological polar surface area (TPSA) is 85.5 Å². The SMILES string of the molecule is COc1cc(CN2C(=O)c3ccc(N)cc3C2=O)ccn1. The predicted octanol–water partition coefficient (Wildman–Crippen LogP) is 1.47. The van der Waals surface area contributed by atoms with Crippen LogP contribution in [0.4, 0.5) is 5.69 Å². The summed E-state index contributed by atoms with van der Waals surface area (Å²) in [5, 5.41) is 0. The second kappa shape index (κ2) is 4.90. The Bertz CT molecular complexity index is 743. The first kappa shape index (κ1) is 13.1. The van der Waals surface area contributed by atoms with Crippen molar-refractivity contribution in [1.29, 1.82) is 0 Å². The zero-order valence-corrected chi connectivity index (χ0v) is 11.4. The highest BCUT2D eigenvalue weighted by Gasteiger charge is 2.35. The van der Waals surface area contributed by atoms with Gasteiger partial charge in [0, 0.05) is 18.0 Å². The van der Waals surface area contributed by atoms with Gasteiger partial charge in [-0.1, -0.05) is 0 Å². The number of carbonyl (C=O) groups is 2. The van der Waals surface area contributed by atoms with Gasteiger partial charge in [0.1, 0.15) is 0 Å². The standard InChI is InChI=1S/C15H13N3O3/c1-21-13-6-9(4-5-17-13)8-18-14(19)11-3-2-10(16)7-12(11)15(18)20/h2-7H,8,16H2,1H3. The predicted molar refractivity (Wildman–Crippen MR) is 75.8 cm³/mol. The monoisotopic (exact) mass is 283 g/mol. The van der Waals surface area contributed by atoms with Crippen molar-refractivity contribution >= 4 is 17.5 Å². The Hall–Kier alpha value is -2.89. The lowest BCUT2D eigenvalue weighted by atomic mass is 10.1. The Morgan fingerprint density at radius 3 is 2.67 bits per heavy atom. The quantitative estimate of drug-likeness (QED) is 0.681. The fourth-order valence-electron chi connectivity index (χ4n) is 2.29. The van der Waals surface area contributed by atoms with Crippen LogP contribution in [0.5, 0.6) is 5.88 Å². The molecule has 2 amide bonds. The maximum absolute atomic E-state index is 12.3. The van der Waals surface area contributed by atoms with E-state index in [2.05, 4.69) is 4.98 Å². The lowest BCUT2D eigenvalue weighted by Crippen LogP contribution is -2.29. The molecular formula is C15H13N3O3. The van der Waals surface area contributed by atoms with Crippen LogP contribution in [-0.2, 0) is 6.54 Å². The summed E-state index contributed by atoms with van der Waals surface area (Å²) < 4.78 is 5.03. The van der Waals surface area contributed by atoms with Crippen molar-refractivity contribution in [2.45, 2.75) is 6.54 Å². The van der Waals surface area contributed by atoms with Crippen molar-refractivity contribution in [2.75, 3.05) is 12.8 Å². The summed E-state index contributed by atoms with van der Waals surface area (Å²) in [6.07, 6.45) is 1.57. The number of anilines is 1. The van der Waals surface area contributed by atoms with E-state index in [1.54, 1.807) is 30.5 Å². The van der Waals surface area contributed by atoms with Crippen LogP contribution in [-0.4, -0.2) is 28.8 Å². The minimum atomic E-state index is -0.335. The van der Waals surface area contributed by atoms with Gasteiger partial charge in [-0.15, -0.1) is 0 Å². The highest BCUT2D eigenvalue weighted by atomic mass is 16.5. The molecule has 0 aliphatic carbocycles. The molecule has 1 aromatic heterocycles. The van der Waals surface area contributed by atoms with Gasteiger partial charge in [0.2, 0.25) is 5.88 Å². The molecular weight excluding hydrogens is 270 g/mol. The smallest absolute Gasteiger partial charge is 0.261 e. The third-order valence-corrected chi connectivity index (χ3v) is 3.34. The number of imide groups is 1. The molecule has 0 spiro atoms. The van der Waals surface area contributed by atoms with Crippen LogP contribution >= 0.6 is 0 Å². The van der Waals surface area contributed by atoms with E-state index in [-0.39, 0.29) is 18.4 Å². The van der Waals surface area contributed by atoms with E-state index in [0.717, 1.165) is 5.56 Å². The van der Waals surface area contributed by atoms with E-state index in [4.69, 9.17) is 10.5 Å². The molecule has 106 valence electrons.